The maximum atomic E-state index is 12.1. The monoisotopic (exact) mass is 305 g/mol. The van der Waals surface area contributed by atoms with Crippen molar-refractivity contribution in [2.45, 2.75) is 45.3 Å². The number of hydrogen-bond donors (Lipinski definition) is 2. The van der Waals surface area contributed by atoms with Crippen LogP contribution in [0.3, 0.4) is 0 Å². The molecule has 2 N–H and O–H groups in total. The average molecular weight is 305 g/mol. The van der Waals surface area contributed by atoms with E-state index in [0.29, 0.717) is 17.7 Å². The Morgan fingerprint density at radius 3 is 2.55 bits per heavy atom. The van der Waals surface area contributed by atoms with E-state index >= 15 is 0 Å². The van der Waals surface area contributed by atoms with Crippen LogP contribution in [0.2, 0.25) is 0 Å². The number of amides is 2. The second kappa shape index (κ2) is 6.87. The van der Waals surface area contributed by atoms with E-state index in [9.17, 15) is 9.59 Å². The summed E-state index contributed by atoms with van der Waals surface area (Å²) in [7, 11) is 0. The van der Waals surface area contributed by atoms with Gasteiger partial charge in [0.25, 0.3) is 11.8 Å². The molecule has 6 heteroatoms. The summed E-state index contributed by atoms with van der Waals surface area (Å²) >= 11 is 0. The third-order valence-corrected chi connectivity index (χ3v) is 3.27. The lowest BCUT2D eigenvalue weighted by Crippen LogP contribution is -2.40. The van der Waals surface area contributed by atoms with Gasteiger partial charge in [-0.25, -0.2) is 0 Å². The van der Waals surface area contributed by atoms with Crippen molar-refractivity contribution in [3.63, 3.8) is 0 Å². The molecule has 0 radical (unpaired) electrons. The van der Waals surface area contributed by atoms with Crippen LogP contribution in [-0.4, -0.2) is 41.6 Å². The van der Waals surface area contributed by atoms with Crippen LogP contribution in [0.4, 0.5) is 0 Å². The van der Waals surface area contributed by atoms with Gasteiger partial charge >= 0.3 is 0 Å². The first-order valence-electron chi connectivity index (χ1n) is 7.52. The largest absolute Gasteiger partial charge is 0.376 e. The molecule has 6 nitrogen and oxygen atoms in total. The second-order valence-corrected chi connectivity index (χ2v) is 6.51. The van der Waals surface area contributed by atoms with E-state index in [1.807, 2.05) is 20.8 Å². The fourth-order valence-corrected chi connectivity index (χ4v) is 2.21. The van der Waals surface area contributed by atoms with Gasteiger partial charge in [-0.2, -0.15) is 0 Å². The fourth-order valence-electron chi connectivity index (χ4n) is 2.21. The zero-order valence-corrected chi connectivity index (χ0v) is 13.3. The van der Waals surface area contributed by atoms with Crippen molar-refractivity contribution in [3.05, 3.63) is 29.6 Å². The molecule has 1 aliphatic heterocycles. The lowest BCUT2D eigenvalue weighted by molar-refractivity contribution is 0.0857. The summed E-state index contributed by atoms with van der Waals surface area (Å²) in [5, 5.41) is 5.67. The van der Waals surface area contributed by atoms with Crippen LogP contribution in [0, 0.1) is 0 Å². The molecular formula is C16H23N3O3. The summed E-state index contributed by atoms with van der Waals surface area (Å²) in [6.07, 6.45) is 5.00. The number of ether oxygens (including phenoxy) is 1. The molecule has 1 atom stereocenters. The predicted octanol–water partition coefficient (Wildman–Crippen LogP) is 1.52. The van der Waals surface area contributed by atoms with Gasteiger partial charge in [-0.1, -0.05) is 0 Å². The molecule has 1 aromatic heterocycles. The molecule has 1 saturated heterocycles. The maximum Gasteiger partial charge on any atom is 0.253 e. The van der Waals surface area contributed by atoms with Crippen molar-refractivity contribution in [1.29, 1.82) is 0 Å². The number of hydrogen-bond acceptors (Lipinski definition) is 4. The molecular weight excluding hydrogens is 282 g/mol. The van der Waals surface area contributed by atoms with E-state index in [0.717, 1.165) is 19.4 Å². The Morgan fingerprint density at radius 2 is 1.95 bits per heavy atom. The number of nitrogens with zero attached hydrogens (tertiary/aromatic N) is 1. The number of carbonyl (C=O) groups excluding carboxylic acids is 2. The minimum atomic E-state index is -0.338. The van der Waals surface area contributed by atoms with Gasteiger partial charge in [0, 0.05) is 31.1 Å². The van der Waals surface area contributed by atoms with Crippen LogP contribution in [0.1, 0.15) is 54.3 Å². The molecule has 120 valence electrons. The highest BCUT2D eigenvalue weighted by molar-refractivity contribution is 5.99. The highest BCUT2D eigenvalue weighted by Gasteiger charge is 2.19. The van der Waals surface area contributed by atoms with E-state index in [1.165, 1.54) is 12.4 Å². The van der Waals surface area contributed by atoms with Crippen LogP contribution in [0.25, 0.3) is 0 Å². The molecule has 1 aromatic rings. The zero-order chi connectivity index (χ0) is 16.2. The summed E-state index contributed by atoms with van der Waals surface area (Å²) in [6, 6.07) is 1.55. The van der Waals surface area contributed by atoms with E-state index in [1.54, 1.807) is 6.07 Å². The fraction of sp³-hybridized carbons (Fsp3) is 0.562. The summed E-state index contributed by atoms with van der Waals surface area (Å²) in [6.45, 7) is 6.94. The molecule has 22 heavy (non-hydrogen) atoms. The van der Waals surface area contributed by atoms with Crippen LogP contribution in [-0.2, 0) is 4.74 Å². The van der Waals surface area contributed by atoms with Gasteiger partial charge in [-0.3, -0.25) is 14.6 Å². The highest BCUT2D eigenvalue weighted by Crippen LogP contribution is 2.11. The molecule has 1 fully saturated rings. The third kappa shape index (κ3) is 4.80. The summed E-state index contributed by atoms with van der Waals surface area (Å²) in [5.74, 6) is -0.484. The van der Waals surface area contributed by atoms with Crippen molar-refractivity contribution < 1.29 is 14.3 Å². The SMILES string of the molecule is CC(C)(C)NC(=O)c1cncc(C(=O)NCC2CCCO2)c1. The van der Waals surface area contributed by atoms with E-state index in [4.69, 9.17) is 4.74 Å². The van der Waals surface area contributed by atoms with Crippen LogP contribution < -0.4 is 10.6 Å². The van der Waals surface area contributed by atoms with Gasteiger partial charge < -0.3 is 15.4 Å². The Kier molecular flexibility index (Phi) is 5.13. The number of aromatic nitrogens is 1. The van der Waals surface area contributed by atoms with Crippen molar-refractivity contribution in [2.24, 2.45) is 0 Å². The molecule has 2 rings (SSSR count). The Balaban J connectivity index is 1.97. The lowest BCUT2D eigenvalue weighted by atomic mass is 10.1. The molecule has 0 saturated carbocycles. The van der Waals surface area contributed by atoms with Gasteiger partial charge in [0.1, 0.15) is 0 Å². The maximum absolute atomic E-state index is 12.1. The Hall–Kier alpha value is -1.95. The molecule has 1 unspecified atom stereocenters. The van der Waals surface area contributed by atoms with Gasteiger partial charge in [0.15, 0.2) is 0 Å². The molecule has 0 spiro atoms. The van der Waals surface area contributed by atoms with Crippen LogP contribution in [0.15, 0.2) is 18.5 Å². The van der Waals surface area contributed by atoms with Crippen LogP contribution >= 0.6 is 0 Å². The van der Waals surface area contributed by atoms with Crippen molar-refractivity contribution >= 4 is 11.8 Å². The van der Waals surface area contributed by atoms with E-state index in [-0.39, 0.29) is 23.5 Å². The Labute approximate surface area is 130 Å². The molecule has 0 aliphatic carbocycles. The molecule has 0 bridgehead atoms. The van der Waals surface area contributed by atoms with Crippen molar-refractivity contribution in [3.8, 4) is 0 Å². The van der Waals surface area contributed by atoms with Crippen molar-refractivity contribution in [1.82, 2.24) is 15.6 Å². The summed E-state index contributed by atoms with van der Waals surface area (Å²) in [4.78, 5) is 28.2. The van der Waals surface area contributed by atoms with Crippen molar-refractivity contribution in [2.75, 3.05) is 13.2 Å². The predicted molar refractivity (Wildman–Crippen MR) is 82.8 cm³/mol. The standard InChI is InChI=1S/C16H23N3O3/c1-16(2,3)19-15(21)12-7-11(8-17-9-12)14(20)18-10-13-5-4-6-22-13/h7-9,13H,4-6,10H2,1-3H3,(H,18,20)(H,19,21). The second-order valence-electron chi connectivity index (χ2n) is 6.51. The van der Waals surface area contributed by atoms with Gasteiger partial charge in [0.05, 0.1) is 17.2 Å². The molecule has 2 heterocycles. The first-order chi connectivity index (χ1) is 10.3. The molecule has 2 amide bonds. The molecule has 1 aliphatic rings. The quantitative estimate of drug-likeness (QED) is 0.884. The zero-order valence-electron chi connectivity index (χ0n) is 13.3. The first kappa shape index (κ1) is 16.4. The minimum absolute atomic E-state index is 0.0873. The van der Waals surface area contributed by atoms with E-state index < -0.39 is 0 Å². The topological polar surface area (TPSA) is 80.3 Å². The number of rotatable bonds is 4. The smallest absolute Gasteiger partial charge is 0.253 e. The third-order valence-electron chi connectivity index (χ3n) is 3.27. The number of pyridine rings is 1. The molecule has 0 aromatic carbocycles. The van der Waals surface area contributed by atoms with E-state index in [2.05, 4.69) is 15.6 Å². The summed E-state index contributed by atoms with van der Waals surface area (Å²) in [5.41, 5.74) is 0.411. The highest BCUT2D eigenvalue weighted by atomic mass is 16.5. The van der Waals surface area contributed by atoms with Gasteiger partial charge in [-0.05, 0) is 39.7 Å². The summed E-state index contributed by atoms with van der Waals surface area (Å²) < 4.78 is 5.46. The Morgan fingerprint density at radius 1 is 1.27 bits per heavy atom. The van der Waals surface area contributed by atoms with Crippen LogP contribution in [0.5, 0.6) is 0 Å². The first-order valence-corrected chi connectivity index (χ1v) is 7.52. The lowest BCUT2D eigenvalue weighted by Gasteiger charge is -2.20. The number of nitrogens with one attached hydrogen (secondary N) is 2. The van der Waals surface area contributed by atoms with Gasteiger partial charge in [-0.15, -0.1) is 0 Å². The normalized spacial score (nSPS) is 18.0. The minimum Gasteiger partial charge on any atom is -0.376 e. The van der Waals surface area contributed by atoms with Gasteiger partial charge in [0.2, 0.25) is 0 Å². The average Bonchev–Trinajstić information content (AvgIpc) is 2.96. The Bertz CT molecular complexity index is 546. The number of carbonyl (C=O) groups is 2.